The van der Waals surface area contributed by atoms with Gasteiger partial charge in [0.25, 0.3) is 5.56 Å². The van der Waals surface area contributed by atoms with Crippen molar-refractivity contribution in [2.75, 3.05) is 11.9 Å². The van der Waals surface area contributed by atoms with Crippen LogP contribution in [0.2, 0.25) is 0 Å². The number of hydrogen-bond acceptors (Lipinski definition) is 4. The number of nitrogens with one attached hydrogen (secondary N) is 1. The number of fused-ring (bicyclic) bond motifs is 1. The Balaban J connectivity index is 2.91. The predicted molar refractivity (Wildman–Crippen MR) is 58.2 cm³/mol. The van der Waals surface area contributed by atoms with E-state index in [9.17, 15) is 9.59 Å². The Morgan fingerprint density at radius 3 is 2.60 bits per heavy atom. The first-order chi connectivity index (χ1) is 7.02. The number of aliphatic imine (C=N–C) groups is 1. The summed E-state index contributed by atoms with van der Waals surface area (Å²) in [6.45, 7) is 2.40. The summed E-state index contributed by atoms with van der Waals surface area (Å²) in [6.07, 6.45) is 0. The summed E-state index contributed by atoms with van der Waals surface area (Å²) in [6, 6.07) is 0. The molecular weight excluding hydrogens is 196 g/mol. The minimum Gasteiger partial charge on any atom is -0.364 e. The van der Waals surface area contributed by atoms with Crippen LogP contribution in [0.1, 0.15) is 6.92 Å². The van der Waals surface area contributed by atoms with E-state index in [1.165, 1.54) is 11.6 Å². The molecule has 0 saturated heterocycles. The van der Waals surface area contributed by atoms with Crippen molar-refractivity contribution in [3.05, 3.63) is 20.8 Å². The lowest BCUT2D eigenvalue weighted by Crippen LogP contribution is -2.39. The third-order valence-corrected chi connectivity index (χ3v) is 2.46. The Hall–Kier alpha value is -1.85. The van der Waals surface area contributed by atoms with E-state index in [-0.39, 0.29) is 11.2 Å². The summed E-state index contributed by atoms with van der Waals surface area (Å²) in [7, 11) is 3.06. The fraction of sp³-hybridized carbons (Fsp3) is 0.444. The Kier molecular flexibility index (Phi) is 1.99. The van der Waals surface area contributed by atoms with Crippen molar-refractivity contribution in [2.45, 2.75) is 6.92 Å². The minimum absolute atomic E-state index is 0.309. The molecule has 0 atom stereocenters. The smallest absolute Gasteiger partial charge is 0.332 e. The fourth-order valence-corrected chi connectivity index (χ4v) is 1.57. The molecule has 1 aliphatic heterocycles. The lowest BCUT2D eigenvalue weighted by Gasteiger charge is -2.18. The van der Waals surface area contributed by atoms with Crippen LogP contribution in [-0.2, 0) is 14.1 Å². The number of aromatic nitrogens is 2. The highest BCUT2D eigenvalue weighted by Crippen LogP contribution is 2.20. The highest BCUT2D eigenvalue weighted by molar-refractivity contribution is 5.92. The zero-order chi connectivity index (χ0) is 11.2. The van der Waals surface area contributed by atoms with Crippen LogP contribution in [-0.4, -0.2) is 21.4 Å². The molecule has 0 unspecified atom stereocenters. The van der Waals surface area contributed by atoms with Crippen molar-refractivity contribution in [1.29, 1.82) is 0 Å². The molecule has 6 nitrogen and oxygen atoms in total. The maximum atomic E-state index is 11.7. The largest absolute Gasteiger partial charge is 0.364 e. The Morgan fingerprint density at radius 2 is 1.93 bits per heavy atom. The van der Waals surface area contributed by atoms with Gasteiger partial charge >= 0.3 is 5.69 Å². The second-order valence-corrected chi connectivity index (χ2v) is 3.60. The van der Waals surface area contributed by atoms with Gasteiger partial charge in [-0.1, -0.05) is 0 Å². The molecule has 2 rings (SSSR count). The molecule has 0 fully saturated rings. The molecule has 2 heterocycles. The van der Waals surface area contributed by atoms with E-state index in [0.717, 1.165) is 10.3 Å². The molecule has 0 aliphatic carbocycles. The van der Waals surface area contributed by atoms with Crippen LogP contribution in [0, 0.1) is 0 Å². The number of hydrogen-bond donors (Lipinski definition) is 1. The molecule has 15 heavy (non-hydrogen) atoms. The third kappa shape index (κ3) is 1.29. The van der Waals surface area contributed by atoms with E-state index in [0.29, 0.717) is 18.1 Å². The van der Waals surface area contributed by atoms with Crippen LogP contribution in [0.15, 0.2) is 14.6 Å². The molecule has 1 aromatic heterocycles. The van der Waals surface area contributed by atoms with Gasteiger partial charge in [0.1, 0.15) is 5.82 Å². The van der Waals surface area contributed by atoms with Crippen molar-refractivity contribution in [2.24, 2.45) is 19.1 Å². The molecule has 80 valence electrons. The molecule has 0 amide bonds. The van der Waals surface area contributed by atoms with E-state index in [1.807, 2.05) is 6.92 Å². The molecule has 0 radical (unpaired) electrons. The van der Waals surface area contributed by atoms with Gasteiger partial charge in [-0.15, -0.1) is 0 Å². The van der Waals surface area contributed by atoms with E-state index >= 15 is 0 Å². The SMILES string of the molecule is CC1=Nc2c(n(C)c(=O)n(C)c2=O)NC1. The molecular formula is C9H12N4O2. The highest BCUT2D eigenvalue weighted by atomic mass is 16.2. The zero-order valence-corrected chi connectivity index (χ0v) is 8.87. The van der Waals surface area contributed by atoms with E-state index in [4.69, 9.17) is 0 Å². The number of anilines is 1. The van der Waals surface area contributed by atoms with Crippen LogP contribution in [0.5, 0.6) is 0 Å². The van der Waals surface area contributed by atoms with Crippen LogP contribution < -0.4 is 16.6 Å². The van der Waals surface area contributed by atoms with E-state index < -0.39 is 0 Å². The van der Waals surface area contributed by atoms with E-state index in [1.54, 1.807) is 7.05 Å². The fourth-order valence-electron chi connectivity index (χ4n) is 1.57. The minimum atomic E-state index is -0.361. The topological polar surface area (TPSA) is 68.4 Å². The Labute approximate surface area is 85.9 Å². The van der Waals surface area contributed by atoms with Crippen LogP contribution in [0.25, 0.3) is 0 Å². The van der Waals surface area contributed by atoms with Gasteiger partial charge < -0.3 is 5.32 Å². The third-order valence-electron chi connectivity index (χ3n) is 2.46. The van der Waals surface area contributed by atoms with Crippen molar-refractivity contribution in [3.63, 3.8) is 0 Å². The second-order valence-electron chi connectivity index (χ2n) is 3.60. The summed E-state index contributed by atoms with van der Waals surface area (Å²) in [5.41, 5.74) is 0.433. The lowest BCUT2D eigenvalue weighted by molar-refractivity contribution is 0.690. The molecule has 0 bridgehead atoms. The molecule has 0 saturated carbocycles. The lowest BCUT2D eigenvalue weighted by atomic mass is 10.3. The average molecular weight is 208 g/mol. The molecule has 6 heteroatoms. The van der Waals surface area contributed by atoms with Gasteiger partial charge in [-0.3, -0.25) is 13.9 Å². The molecule has 1 N–H and O–H groups in total. The van der Waals surface area contributed by atoms with Gasteiger partial charge in [-0.05, 0) is 6.92 Å². The molecule has 0 spiro atoms. The first kappa shape index (κ1) is 9.70. The normalized spacial score (nSPS) is 14.2. The summed E-state index contributed by atoms with van der Waals surface area (Å²) in [5.74, 6) is 0.494. The maximum absolute atomic E-state index is 11.7. The zero-order valence-electron chi connectivity index (χ0n) is 8.87. The summed E-state index contributed by atoms with van der Waals surface area (Å²) >= 11 is 0. The Bertz CT molecular complexity index is 565. The number of nitrogens with zero attached hydrogens (tertiary/aromatic N) is 3. The summed E-state index contributed by atoms with van der Waals surface area (Å²) in [4.78, 5) is 27.5. The highest BCUT2D eigenvalue weighted by Gasteiger charge is 2.18. The number of rotatable bonds is 0. The molecule has 1 aliphatic rings. The second kappa shape index (κ2) is 3.08. The Morgan fingerprint density at radius 1 is 1.27 bits per heavy atom. The first-order valence-corrected chi connectivity index (χ1v) is 4.60. The predicted octanol–water partition coefficient (Wildman–Crippen LogP) is -0.398. The van der Waals surface area contributed by atoms with Crippen molar-refractivity contribution in [1.82, 2.24) is 9.13 Å². The summed E-state index contributed by atoms with van der Waals surface area (Å²) in [5, 5.41) is 3.01. The van der Waals surface area contributed by atoms with Crippen molar-refractivity contribution >= 4 is 17.2 Å². The standard InChI is InChI=1S/C9H12N4O2/c1-5-4-10-7-6(11-5)8(14)13(3)9(15)12(7)2/h10H,4H2,1-3H3. The quantitative estimate of drug-likeness (QED) is 0.631. The van der Waals surface area contributed by atoms with Gasteiger partial charge in [0.2, 0.25) is 0 Å². The van der Waals surface area contributed by atoms with Crippen LogP contribution >= 0.6 is 0 Å². The average Bonchev–Trinajstić information content (AvgIpc) is 2.23. The van der Waals surface area contributed by atoms with Gasteiger partial charge in [0.15, 0.2) is 5.69 Å². The van der Waals surface area contributed by atoms with Gasteiger partial charge in [-0.25, -0.2) is 9.79 Å². The molecule has 1 aromatic rings. The summed E-state index contributed by atoms with van der Waals surface area (Å²) < 4.78 is 2.45. The monoisotopic (exact) mass is 208 g/mol. The van der Waals surface area contributed by atoms with Gasteiger partial charge in [0, 0.05) is 19.8 Å². The van der Waals surface area contributed by atoms with Gasteiger partial charge in [0.05, 0.1) is 6.54 Å². The maximum Gasteiger partial charge on any atom is 0.332 e. The van der Waals surface area contributed by atoms with Crippen molar-refractivity contribution < 1.29 is 0 Å². The van der Waals surface area contributed by atoms with Crippen LogP contribution in [0.4, 0.5) is 11.5 Å². The molecule has 0 aromatic carbocycles. The van der Waals surface area contributed by atoms with Crippen molar-refractivity contribution in [3.8, 4) is 0 Å². The first-order valence-electron chi connectivity index (χ1n) is 4.60. The van der Waals surface area contributed by atoms with Crippen LogP contribution in [0.3, 0.4) is 0 Å². The van der Waals surface area contributed by atoms with Gasteiger partial charge in [-0.2, -0.15) is 0 Å². The van der Waals surface area contributed by atoms with E-state index in [2.05, 4.69) is 10.3 Å².